The first-order valence-corrected chi connectivity index (χ1v) is 5.07. The fraction of sp³-hybridized carbons (Fsp3) is 0.889. The van der Waals surface area contributed by atoms with E-state index in [0.717, 1.165) is 6.54 Å². The summed E-state index contributed by atoms with van der Waals surface area (Å²) in [5.41, 5.74) is 0. The molecule has 2 fully saturated rings. The van der Waals surface area contributed by atoms with E-state index in [1.54, 1.807) is 0 Å². The minimum Gasteiger partial charge on any atom is -0.378 e. The number of amides is 1. The van der Waals surface area contributed by atoms with Crippen molar-refractivity contribution in [2.75, 3.05) is 46.0 Å². The van der Waals surface area contributed by atoms with Crippen LogP contribution in [0.2, 0.25) is 0 Å². The highest BCUT2D eigenvalue weighted by molar-refractivity contribution is 5.81. The first-order valence-electron chi connectivity index (χ1n) is 5.07. The Bertz CT molecular complexity index is 178. The maximum atomic E-state index is 11.9. The van der Waals surface area contributed by atoms with Crippen LogP contribution < -0.4 is 5.32 Å². The van der Waals surface area contributed by atoms with E-state index in [9.17, 15) is 4.79 Å². The molecule has 0 saturated carbocycles. The molecule has 0 aromatic carbocycles. The second-order valence-corrected chi connectivity index (χ2v) is 3.50. The molecule has 0 bridgehead atoms. The van der Waals surface area contributed by atoms with E-state index in [1.165, 1.54) is 0 Å². The van der Waals surface area contributed by atoms with E-state index in [-0.39, 0.29) is 12.0 Å². The van der Waals surface area contributed by atoms with Crippen LogP contribution in [0.15, 0.2) is 0 Å². The van der Waals surface area contributed by atoms with Crippen molar-refractivity contribution in [1.29, 1.82) is 0 Å². The van der Waals surface area contributed by atoms with E-state index in [1.807, 2.05) is 4.90 Å². The topological polar surface area (TPSA) is 50.8 Å². The Labute approximate surface area is 83.3 Å². The van der Waals surface area contributed by atoms with Crippen molar-refractivity contribution in [2.24, 2.45) is 0 Å². The number of nitrogens with one attached hydrogen (secondary N) is 1. The Hall–Kier alpha value is -0.650. The van der Waals surface area contributed by atoms with Gasteiger partial charge in [0.2, 0.25) is 0 Å². The molecular formula is C9H16N2O3. The summed E-state index contributed by atoms with van der Waals surface area (Å²) < 4.78 is 10.6. The Kier molecular flexibility index (Phi) is 3.34. The summed E-state index contributed by atoms with van der Waals surface area (Å²) in [4.78, 5) is 13.7. The average Bonchev–Trinajstić information content (AvgIpc) is 2.30. The van der Waals surface area contributed by atoms with Crippen LogP contribution >= 0.6 is 0 Å². The lowest BCUT2D eigenvalue weighted by atomic mass is 10.2. The Morgan fingerprint density at radius 2 is 2.07 bits per heavy atom. The van der Waals surface area contributed by atoms with Crippen molar-refractivity contribution in [1.82, 2.24) is 10.2 Å². The fourth-order valence-corrected chi connectivity index (χ4v) is 1.71. The molecule has 14 heavy (non-hydrogen) atoms. The second kappa shape index (κ2) is 4.72. The van der Waals surface area contributed by atoms with Gasteiger partial charge in [-0.15, -0.1) is 0 Å². The molecule has 2 aliphatic rings. The van der Waals surface area contributed by atoms with Crippen LogP contribution in [0.5, 0.6) is 0 Å². The van der Waals surface area contributed by atoms with Crippen LogP contribution in [0.25, 0.3) is 0 Å². The van der Waals surface area contributed by atoms with Crippen molar-refractivity contribution in [2.45, 2.75) is 6.10 Å². The third kappa shape index (κ3) is 2.23. The molecule has 2 rings (SSSR count). The highest BCUT2D eigenvalue weighted by Gasteiger charge is 2.27. The largest absolute Gasteiger partial charge is 0.378 e. The first kappa shape index (κ1) is 9.89. The van der Waals surface area contributed by atoms with Crippen LogP contribution in [0, 0.1) is 0 Å². The number of carbonyl (C=O) groups is 1. The zero-order valence-electron chi connectivity index (χ0n) is 8.20. The first-order chi connectivity index (χ1) is 6.88. The maximum Gasteiger partial charge on any atom is 0.253 e. The molecule has 2 saturated heterocycles. The third-order valence-electron chi connectivity index (χ3n) is 2.53. The van der Waals surface area contributed by atoms with Gasteiger partial charge in [0, 0.05) is 26.2 Å². The van der Waals surface area contributed by atoms with Crippen molar-refractivity contribution < 1.29 is 14.3 Å². The average molecular weight is 200 g/mol. The molecule has 80 valence electrons. The van der Waals surface area contributed by atoms with E-state index < -0.39 is 0 Å². The van der Waals surface area contributed by atoms with Crippen LogP contribution in [0.4, 0.5) is 0 Å². The molecule has 1 N–H and O–H groups in total. The zero-order chi connectivity index (χ0) is 9.80. The molecule has 2 heterocycles. The van der Waals surface area contributed by atoms with Crippen LogP contribution in [-0.4, -0.2) is 62.9 Å². The Morgan fingerprint density at radius 3 is 2.71 bits per heavy atom. The molecule has 0 aromatic rings. The van der Waals surface area contributed by atoms with Gasteiger partial charge in [-0.3, -0.25) is 4.79 Å². The molecule has 0 aromatic heterocycles. The van der Waals surface area contributed by atoms with Gasteiger partial charge in [0.25, 0.3) is 5.91 Å². The van der Waals surface area contributed by atoms with Gasteiger partial charge in [-0.05, 0) is 0 Å². The van der Waals surface area contributed by atoms with Crippen molar-refractivity contribution in [3.05, 3.63) is 0 Å². The van der Waals surface area contributed by atoms with Crippen molar-refractivity contribution >= 4 is 5.91 Å². The maximum absolute atomic E-state index is 11.9. The number of hydrogen-bond donors (Lipinski definition) is 1. The predicted molar refractivity (Wildman–Crippen MR) is 50.0 cm³/mol. The van der Waals surface area contributed by atoms with E-state index in [4.69, 9.17) is 9.47 Å². The third-order valence-corrected chi connectivity index (χ3v) is 2.53. The molecule has 5 nitrogen and oxygen atoms in total. The second-order valence-electron chi connectivity index (χ2n) is 3.50. The minimum absolute atomic E-state index is 0.0977. The molecule has 0 spiro atoms. The predicted octanol–water partition coefficient (Wildman–Crippen LogP) is -1.17. The molecule has 2 aliphatic heterocycles. The van der Waals surface area contributed by atoms with Gasteiger partial charge in [0.15, 0.2) is 0 Å². The standard InChI is InChI=1S/C9H16N2O3/c12-9(8-7-10-1-4-14-8)11-2-5-13-6-3-11/h8,10H,1-7H2/t8-/m0/s1. The van der Waals surface area contributed by atoms with Gasteiger partial charge in [-0.25, -0.2) is 0 Å². The van der Waals surface area contributed by atoms with Gasteiger partial charge >= 0.3 is 0 Å². The zero-order valence-corrected chi connectivity index (χ0v) is 8.20. The quantitative estimate of drug-likeness (QED) is 0.579. The van der Waals surface area contributed by atoms with E-state index in [2.05, 4.69) is 5.32 Å². The van der Waals surface area contributed by atoms with Gasteiger partial charge in [-0.2, -0.15) is 0 Å². The van der Waals surface area contributed by atoms with Gasteiger partial charge in [-0.1, -0.05) is 0 Å². The minimum atomic E-state index is -0.290. The smallest absolute Gasteiger partial charge is 0.253 e. The summed E-state index contributed by atoms with van der Waals surface area (Å²) >= 11 is 0. The molecule has 1 atom stereocenters. The summed E-state index contributed by atoms with van der Waals surface area (Å²) in [7, 11) is 0. The lowest BCUT2D eigenvalue weighted by molar-refractivity contribution is -0.149. The lowest BCUT2D eigenvalue weighted by Crippen LogP contribution is -2.52. The number of carbonyl (C=O) groups excluding carboxylic acids is 1. The van der Waals surface area contributed by atoms with Crippen molar-refractivity contribution in [3.63, 3.8) is 0 Å². The highest BCUT2D eigenvalue weighted by Crippen LogP contribution is 2.05. The molecule has 1 amide bonds. The van der Waals surface area contributed by atoms with Crippen LogP contribution in [0.3, 0.4) is 0 Å². The van der Waals surface area contributed by atoms with Crippen LogP contribution in [-0.2, 0) is 14.3 Å². The molecule has 0 aliphatic carbocycles. The summed E-state index contributed by atoms with van der Waals surface area (Å²) in [6, 6.07) is 0. The normalized spacial score (nSPS) is 28.9. The molecular weight excluding hydrogens is 184 g/mol. The Balaban J connectivity index is 1.85. The number of hydrogen-bond acceptors (Lipinski definition) is 4. The number of nitrogens with zero attached hydrogens (tertiary/aromatic N) is 1. The molecule has 0 unspecified atom stereocenters. The molecule has 5 heteroatoms. The van der Waals surface area contributed by atoms with Gasteiger partial charge < -0.3 is 19.7 Å². The monoisotopic (exact) mass is 200 g/mol. The summed E-state index contributed by atoms with van der Waals surface area (Å²) in [6.45, 7) is 4.78. The SMILES string of the molecule is O=C([C@@H]1CNCCO1)N1CCOCC1. The van der Waals surface area contributed by atoms with E-state index in [0.29, 0.717) is 39.5 Å². The summed E-state index contributed by atoms with van der Waals surface area (Å²) in [6.07, 6.45) is -0.290. The van der Waals surface area contributed by atoms with E-state index >= 15 is 0 Å². The lowest BCUT2D eigenvalue weighted by Gasteiger charge is -2.32. The number of rotatable bonds is 1. The number of ether oxygens (including phenoxy) is 2. The van der Waals surface area contributed by atoms with Gasteiger partial charge in [0.1, 0.15) is 6.10 Å². The van der Waals surface area contributed by atoms with Gasteiger partial charge in [0.05, 0.1) is 19.8 Å². The summed E-state index contributed by atoms with van der Waals surface area (Å²) in [5, 5.41) is 3.15. The number of morpholine rings is 2. The summed E-state index contributed by atoms with van der Waals surface area (Å²) in [5.74, 6) is 0.0977. The molecule has 0 radical (unpaired) electrons. The highest BCUT2D eigenvalue weighted by atomic mass is 16.5. The Morgan fingerprint density at radius 1 is 1.29 bits per heavy atom. The van der Waals surface area contributed by atoms with Crippen LogP contribution in [0.1, 0.15) is 0 Å². The van der Waals surface area contributed by atoms with Crippen molar-refractivity contribution in [3.8, 4) is 0 Å². The fourth-order valence-electron chi connectivity index (χ4n) is 1.71.